The van der Waals surface area contributed by atoms with Gasteiger partial charge in [-0.3, -0.25) is 14.5 Å². The van der Waals surface area contributed by atoms with E-state index < -0.39 is 5.60 Å². The van der Waals surface area contributed by atoms with Gasteiger partial charge in [0.1, 0.15) is 5.60 Å². The first-order valence-corrected chi connectivity index (χ1v) is 12.2. The molecule has 1 saturated heterocycles. The van der Waals surface area contributed by atoms with Crippen LogP contribution < -0.4 is 10.6 Å². The highest BCUT2D eigenvalue weighted by Gasteiger charge is 2.41. The number of benzene rings is 1. The van der Waals surface area contributed by atoms with Crippen molar-refractivity contribution in [2.75, 3.05) is 19.6 Å². The predicted molar refractivity (Wildman–Crippen MR) is 125 cm³/mol. The fraction of sp³-hybridized carbons (Fsp3) is 0.542. The first-order chi connectivity index (χ1) is 15.4. The lowest BCUT2D eigenvalue weighted by Crippen LogP contribution is -2.63. The molecule has 1 aliphatic carbocycles. The molecule has 172 valence electrons. The lowest BCUT2D eigenvalue weighted by atomic mass is 9.80. The molecule has 1 saturated carbocycles. The number of nitrogens with one attached hydrogen (secondary N) is 2. The van der Waals surface area contributed by atoms with Crippen molar-refractivity contribution in [1.82, 2.24) is 20.5 Å². The standard InChI is InChI=1S/C24H32N4O3S/c1-3-22-25-12-20(32-22)24(31)9-7-19(8-10-24)28-14-18(15-28)27-21(29)13-26-23(30)17-6-4-5-16(2)11-17/h4-6,11-12,18-19,31H,3,7-10,13-15H2,1-2H3,(H,26,30)(H,27,29)/t19-,24-. The van der Waals surface area contributed by atoms with Gasteiger partial charge in [0.05, 0.1) is 22.5 Å². The molecule has 1 aliphatic heterocycles. The van der Waals surface area contributed by atoms with E-state index in [2.05, 4.69) is 27.4 Å². The van der Waals surface area contributed by atoms with Gasteiger partial charge in [0.15, 0.2) is 0 Å². The van der Waals surface area contributed by atoms with Crippen molar-refractivity contribution in [2.24, 2.45) is 0 Å². The van der Waals surface area contributed by atoms with Gasteiger partial charge in [-0.05, 0) is 51.2 Å². The van der Waals surface area contributed by atoms with E-state index in [9.17, 15) is 14.7 Å². The average molecular weight is 457 g/mol. The molecule has 2 aliphatic rings. The number of rotatable bonds is 7. The number of aromatic nitrogens is 1. The van der Waals surface area contributed by atoms with Crippen molar-refractivity contribution in [3.05, 3.63) is 51.5 Å². The lowest BCUT2D eigenvalue weighted by molar-refractivity contribution is -0.122. The molecule has 0 radical (unpaired) electrons. The molecule has 0 spiro atoms. The zero-order chi connectivity index (χ0) is 22.7. The molecule has 1 aromatic heterocycles. The minimum atomic E-state index is -0.741. The van der Waals surface area contributed by atoms with Crippen molar-refractivity contribution in [1.29, 1.82) is 0 Å². The van der Waals surface area contributed by atoms with Crippen LogP contribution in [0.3, 0.4) is 0 Å². The summed E-state index contributed by atoms with van der Waals surface area (Å²) in [6, 6.07) is 7.88. The Hall–Kier alpha value is -2.29. The summed E-state index contributed by atoms with van der Waals surface area (Å²) < 4.78 is 0. The zero-order valence-electron chi connectivity index (χ0n) is 18.8. The molecule has 3 N–H and O–H groups in total. The molecule has 1 aromatic carbocycles. The third-order valence-corrected chi connectivity index (χ3v) is 7.91. The van der Waals surface area contributed by atoms with Crippen LogP contribution in [0.1, 0.15) is 58.4 Å². The largest absolute Gasteiger partial charge is 0.384 e. The predicted octanol–water partition coefficient (Wildman–Crippen LogP) is 2.37. The van der Waals surface area contributed by atoms with E-state index in [0.717, 1.165) is 60.6 Å². The van der Waals surface area contributed by atoms with Gasteiger partial charge < -0.3 is 15.7 Å². The summed E-state index contributed by atoms with van der Waals surface area (Å²) in [5.74, 6) is -0.397. The first-order valence-electron chi connectivity index (χ1n) is 11.4. The number of amides is 2. The van der Waals surface area contributed by atoms with Crippen LogP contribution in [0.15, 0.2) is 30.5 Å². The Kier molecular flexibility index (Phi) is 6.93. The van der Waals surface area contributed by atoms with Gasteiger partial charge >= 0.3 is 0 Å². The van der Waals surface area contributed by atoms with Gasteiger partial charge in [0, 0.05) is 30.9 Å². The SMILES string of the molecule is CCc1ncc([C@]2(O)CC[C@H](N3CC(NC(=O)CNC(=O)c4cccc(C)c4)C3)CC2)s1. The summed E-state index contributed by atoms with van der Waals surface area (Å²) >= 11 is 1.63. The summed E-state index contributed by atoms with van der Waals surface area (Å²) in [4.78, 5) is 32.2. The van der Waals surface area contributed by atoms with E-state index >= 15 is 0 Å². The second-order valence-electron chi connectivity index (χ2n) is 9.01. The normalized spacial score (nSPS) is 24.0. The highest BCUT2D eigenvalue weighted by atomic mass is 32.1. The highest BCUT2D eigenvalue weighted by Crippen LogP contribution is 2.41. The summed E-state index contributed by atoms with van der Waals surface area (Å²) in [6.45, 7) is 5.64. The monoisotopic (exact) mass is 456 g/mol. The maximum absolute atomic E-state index is 12.2. The number of hydrogen-bond acceptors (Lipinski definition) is 6. The molecule has 2 aromatic rings. The molecule has 8 heteroatoms. The minimum absolute atomic E-state index is 0.0195. The van der Waals surface area contributed by atoms with Gasteiger partial charge in [0.2, 0.25) is 5.91 Å². The number of aliphatic hydroxyl groups is 1. The van der Waals surface area contributed by atoms with Gasteiger partial charge in [-0.25, -0.2) is 4.98 Å². The molecule has 2 heterocycles. The van der Waals surface area contributed by atoms with Crippen LogP contribution >= 0.6 is 11.3 Å². The van der Waals surface area contributed by atoms with Gasteiger partial charge in [-0.15, -0.1) is 11.3 Å². The summed E-state index contributed by atoms with van der Waals surface area (Å²) in [6.07, 6.45) is 6.14. The van der Waals surface area contributed by atoms with Gasteiger partial charge in [0.25, 0.3) is 5.91 Å². The number of hydrogen-bond donors (Lipinski definition) is 3. The third kappa shape index (κ3) is 5.19. The maximum Gasteiger partial charge on any atom is 0.251 e. The van der Waals surface area contributed by atoms with Crippen LogP contribution in [0, 0.1) is 6.92 Å². The van der Waals surface area contributed by atoms with E-state index in [4.69, 9.17) is 0 Å². The van der Waals surface area contributed by atoms with Crippen molar-refractivity contribution in [3.63, 3.8) is 0 Å². The Morgan fingerprint density at radius 3 is 2.69 bits per heavy atom. The van der Waals surface area contributed by atoms with Crippen molar-refractivity contribution in [2.45, 2.75) is 63.6 Å². The van der Waals surface area contributed by atoms with Crippen molar-refractivity contribution >= 4 is 23.2 Å². The quantitative estimate of drug-likeness (QED) is 0.595. The first kappa shape index (κ1) is 22.9. The second kappa shape index (κ2) is 9.68. The molecule has 7 nitrogen and oxygen atoms in total. The fourth-order valence-electron chi connectivity index (χ4n) is 4.61. The third-order valence-electron chi connectivity index (χ3n) is 6.58. The Morgan fingerprint density at radius 2 is 2.03 bits per heavy atom. The molecule has 4 rings (SSSR count). The maximum atomic E-state index is 12.2. The molecule has 0 atom stereocenters. The molecule has 0 unspecified atom stereocenters. The molecular formula is C24H32N4O3S. The summed E-state index contributed by atoms with van der Waals surface area (Å²) in [7, 11) is 0. The number of likely N-dealkylation sites (tertiary alicyclic amines) is 1. The van der Waals surface area contributed by atoms with Crippen LogP contribution in [-0.2, 0) is 16.8 Å². The summed E-state index contributed by atoms with van der Waals surface area (Å²) in [5, 5.41) is 17.8. The van der Waals surface area contributed by atoms with Crippen LogP contribution in [0.2, 0.25) is 0 Å². The topological polar surface area (TPSA) is 94.6 Å². The number of thiazole rings is 1. The zero-order valence-corrected chi connectivity index (χ0v) is 19.6. The Bertz CT molecular complexity index is 962. The Balaban J connectivity index is 1.16. The molecule has 2 amide bonds. The van der Waals surface area contributed by atoms with E-state index in [0.29, 0.717) is 11.6 Å². The van der Waals surface area contributed by atoms with Crippen LogP contribution in [-0.4, -0.2) is 58.5 Å². The number of carbonyl (C=O) groups is 2. The minimum Gasteiger partial charge on any atom is -0.384 e. The molecule has 32 heavy (non-hydrogen) atoms. The number of aryl methyl sites for hydroxylation is 2. The van der Waals surface area contributed by atoms with Crippen LogP contribution in [0.4, 0.5) is 0 Å². The Morgan fingerprint density at radius 1 is 1.28 bits per heavy atom. The lowest BCUT2D eigenvalue weighted by Gasteiger charge is -2.48. The van der Waals surface area contributed by atoms with Crippen LogP contribution in [0.25, 0.3) is 0 Å². The van der Waals surface area contributed by atoms with Gasteiger partial charge in [-0.1, -0.05) is 24.6 Å². The Labute approximate surface area is 193 Å². The fourth-order valence-corrected chi connectivity index (χ4v) is 5.61. The molecule has 2 fully saturated rings. The van der Waals surface area contributed by atoms with Crippen LogP contribution in [0.5, 0.6) is 0 Å². The van der Waals surface area contributed by atoms with Crippen molar-refractivity contribution < 1.29 is 14.7 Å². The van der Waals surface area contributed by atoms with E-state index in [1.807, 2.05) is 25.3 Å². The van der Waals surface area contributed by atoms with E-state index in [1.165, 1.54) is 0 Å². The number of carbonyl (C=O) groups excluding carboxylic acids is 2. The number of nitrogens with zero attached hydrogens (tertiary/aromatic N) is 2. The van der Waals surface area contributed by atoms with E-state index in [1.54, 1.807) is 23.5 Å². The summed E-state index contributed by atoms with van der Waals surface area (Å²) in [5.41, 5.74) is 0.833. The van der Waals surface area contributed by atoms with Crippen molar-refractivity contribution in [3.8, 4) is 0 Å². The van der Waals surface area contributed by atoms with Gasteiger partial charge in [-0.2, -0.15) is 0 Å². The second-order valence-corrected chi connectivity index (χ2v) is 10.1. The highest BCUT2D eigenvalue weighted by molar-refractivity contribution is 7.11. The molecular weight excluding hydrogens is 424 g/mol. The average Bonchev–Trinajstić information content (AvgIpc) is 3.25. The smallest absolute Gasteiger partial charge is 0.251 e. The van der Waals surface area contributed by atoms with E-state index in [-0.39, 0.29) is 24.4 Å². The molecule has 0 bridgehead atoms.